The Morgan fingerprint density at radius 2 is 1.59 bits per heavy atom. The van der Waals surface area contributed by atoms with Crippen molar-refractivity contribution in [1.29, 1.82) is 0 Å². The van der Waals surface area contributed by atoms with Crippen LogP contribution in [0.15, 0.2) is 60.7 Å². The van der Waals surface area contributed by atoms with Gasteiger partial charge in [-0.3, -0.25) is 4.79 Å². The molecular weight excluding hydrogens is 441 g/mol. The summed E-state index contributed by atoms with van der Waals surface area (Å²) in [5, 5.41) is 1.25. The second kappa shape index (κ2) is 8.27. The van der Waals surface area contributed by atoms with Crippen LogP contribution in [0.25, 0.3) is 11.0 Å². The average Bonchev–Trinajstić information content (AvgIpc) is 3.31. The van der Waals surface area contributed by atoms with E-state index in [9.17, 15) is 4.79 Å². The zero-order valence-corrected chi connectivity index (χ0v) is 19.5. The Hall–Kier alpha value is -2.82. The predicted octanol–water partition coefficient (Wildman–Crippen LogP) is 6.53. The van der Waals surface area contributed by atoms with E-state index < -0.39 is 0 Å². The normalized spacial score (nSPS) is 16.3. The van der Waals surface area contributed by atoms with Gasteiger partial charge >= 0.3 is 0 Å². The summed E-state index contributed by atoms with van der Waals surface area (Å²) in [5.41, 5.74) is 6.00. The van der Waals surface area contributed by atoms with Gasteiger partial charge < -0.3 is 9.47 Å². The van der Waals surface area contributed by atoms with Crippen LogP contribution in [0.5, 0.6) is 0 Å². The molecule has 0 N–H and O–H groups in total. The number of nitrogens with zero attached hydrogens (tertiary/aromatic N) is 3. The summed E-state index contributed by atoms with van der Waals surface area (Å²) in [4.78, 5) is 20.0. The second-order valence-corrected chi connectivity index (χ2v) is 9.21. The summed E-state index contributed by atoms with van der Waals surface area (Å²) in [7, 11) is 0. The number of rotatable bonds is 4. The highest BCUT2D eigenvalue weighted by molar-refractivity contribution is 6.36. The molecule has 0 aliphatic carbocycles. The molecule has 1 aliphatic heterocycles. The monoisotopic (exact) mass is 463 g/mol. The molecule has 3 aromatic carbocycles. The maximum absolute atomic E-state index is 13.1. The molecule has 2 heterocycles. The topological polar surface area (TPSA) is 38.1 Å². The number of hydrogen-bond acceptors (Lipinski definition) is 2. The van der Waals surface area contributed by atoms with Crippen molar-refractivity contribution in [3.05, 3.63) is 93.2 Å². The van der Waals surface area contributed by atoms with Crippen molar-refractivity contribution >= 4 is 45.8 Å². The van der Waals surface area contributed by atoms with Gasteiger partial charge in [-0.25, -0.2) is 4.98 Å². The smallest absolute Gasteiger partial charge is 0.227 e. The molecule has 4 nitrogen and oxygen atoms in total. The molecule has 32 heavy (non-hydrogen) atoms. The van der Waals surface area contributed by atoms with Gasteiger partial charge in [-0.2, -0.15) is 0 Å². The molecule has 1 fully saturated rings. The largest absolute Gasteiger partial charge is 0.323 e. The highest BCUT2D eigenvalue weighted by Crippen LogP contribution is 2.37. The predicted molar refractivity (Wildman–Crippen MR) is 131 cm³/mol. The van der Waals surface area contributed by atoms with Crippen molar-refractivity contribution in [3.63, 3.8) is 0 Å². The summed E-state index contributed by atoms with van der Waals surface area (Å²) in [6, 6.07) is 19.7. The number of hydrogen-bond donors (Lipinski definition) is 0. The summed E-state index contributed by atoms with van der Waals surface area (Å²) < 4.78 is 2.16. The summed E-state index contributed by atoms with van der Waals surface area (Å²) in [6.45, 7) is 5.21. The van der Waals surface area contributed by atoms with Crippen LogP contribution in [0.2, 0.25) is 10.0 Å². The summed E-state index contributed by atoms with van der Waals surface area (Å²) in [5.74, 6) is 1.00. The first-order valence-corrected chi connectivity index (χ1v) is 11.4. The van der Waals surface area contributed by atoms with Crippen LogP contribution in [0, 0.1) is 13.8 Å². The Kier molecular flexibility index (Phi) is 5.44. The van der Waals surface area contributed by atoms with Gasteiger partial charge in [0.25, 0.3) is 0 Å². The van der Waals surface area contributed by atoms with E-state index in [0.717, 1.165) is 39.2 Å². The number of aryl methyl sites for hydroxylation is 2. The van der Waals surface area contributed by atoms with E-state index in [1.54, 1.807) is 0 Å². The number of carbonyl (C=O) groups is 1. The number of carbonyl (C=O) groups excluding carboxylic acids is 1. The number of imidazole rings is 1. The number of benzene rings is 3. The molecule has 5 rings (SSSR count). The van der Waals surface area contributed by atoms with Crippen LogP contribution in [0.1, 0.15) is 34.9 Å². The molecule has 1 aliphatic rings. The third-order valence-corrected chi connectivity index (χ3v) is 6.97. The minimum absolute atomic E-state index is 0.0184. The van der Waals surface area contributed by atoms with Crippen molar-refractivity contribution in [2.24, 2.45) is 0 Å². The average molecular weight is 464 g/mol. The zero-order chi connectivity index (χ0) is 22.4. The van der Waals surface area contributed by atoms with Gasteiger partial charge in [0.2, 0.25) is 5.91 Å². The highest BCUT2D eigenvalue weighted by Gasteiger charge is 2.36. The van der Waals surface area contributed by atoms with E-state index >= 15 is 0 Å². The van der Waals surface area contributed by atoms with Crippen LogP contribution in [0.3, 0.4) is 0 Å². The summed E-state index contributed by atoms with van der Waals surface area (Å²) >= 11 is 13.0. The van der Waals surface area contributed by atoms with Crippen LogP contribution in [0.4, 0.5) is 5.69 Å². The lowest BCUT2D eigenvalue weighted by atomic mass is 10.1. The molecule has 6 heteroatoms. The number of aromatic nitrogens is 2. The second-order valence-electron chi connectivity index (χ2n) is 8.39. The number of para-hydroxylation sites is 3. The fraction of sp³-hybridized carbons (Fsp3) is 0.231. The molecule has 1 saturated heterocycles. The molecule has 0 spiro atoms. The quantitative estimate of drug-likeness (QED) is 0.345. The van der Waals surface area contributed by atoms with E-state index in [2.05, 4.69) is 36.6 Å². The van der Waals surface area contributed by atoms with Gasteiger partial charge in [-0.05, 0) is 49.2 Å². The molecule has 0 radical (unpaired) electrons. The maximum Gasteiger partial charge on any atom is 0.227 e. The Labute approximate surface area is 197 Å². The number of anilines is 1. The molecule has 4 aromatic rings. The first-order chi connectivity index (χ1) is 15.4. The van der Waals surface area contributed by atoms with Gasteiger partial charge in [0.1, 0.15) is 5.82 Å². The molecule has 1 unspecified atom stereocenters. The molecule has 0 saturated carbocycles. The maximum atomic E-state index is 13.1. The van der Waals surface area contributed by atoms with Crippen molar-refractivity contribution in [1.82, 2.24) is 9.55 Å². The van der Waals surface area contributed by atoms with Gasteiger partial charge in [0.05, 0.1) is 17.6 Å². The van der Waals surface area contributed by atoms with E-state index in [1.165, 1.54) is 0 Å². The lowest BCUT2D eigenvalue weighted by molar-refractivity contribution is -0.117. The van der Waals surface area contributed by atoms with Crippen LogP contribution in [-0.4, -0.2) is 22.0 Å². The van der Waals surface area contributed by atoms with Gasteiger partial charge in [-0.15, -0.1) is 0 Å². The summed E-state index contributed by atoms with van der Waals surface area (Å²) in [6.07, 6.45) is 0.424. The zero-order valence-electron chi connectivity index (χ0n) is 18.0. The molecule has 0 bridgehead atoms. The molecule has 1 amide bonds. The first kappa shape index (κ1) is 21.0. The van der Waals surface area contributed by atoms with E-state index in [1.807, 2.05) is 47.4 Å². The molecular formula is C26H23Cl2N3O. The standard InChI is InChI=1S/C26H23Cl2N3O/c1-16-7-5-8-17(2)25(16)31-14-18(13-24(31)32)26-29-22-11-3-4-12-23(22)30(26)15-19-20(27)9-6-10-21(19)28/h3-12,18H,13-15H2,1-2H3. The van der Waals surface area contributed by atoms with Gasteiger partial charge in [-0.1, -0.05) is 59.6 Å². The Bertz CT molecular complexity index is 1300. The first-order valence-electron chi connectivity index (χ1n) is 10.7. The minimum Gasteiger partial charge on any atom is -0.323 e. The molecule has 1 aromatic heterocycles. The molecule has 162 valence electrons. The van der Waals surface area contributed by atoms with Gasteiger partial charge in [0.15, 0.2) is 0 Å². The molecule has 1 atom stereocenters. The Balaban J connectivity index is 1.58. The Morgan fingerprint density at radius 1 is 0.938 bits per heavy atom. The van der Waals surface area contributed by atoms with Gasteiger partial charge in [0, 0.05) is 40.2 Å². The van der Waals surface area contributed by atoms with Crippen molar-refractivity contribution in [2.45, 2.75) is 32.7 Å². The number of halogens is 2. The number of amides is 1. The fourth-order valence-corrected chi connectivity index (χ4v) is 5.26. The van der Waals surface area contributed by atoms with E-state index in [-0.39, 0.29) is 11.8 Å². The van der Waals surface area contributed by atoms with Crippen LogP contribution < -0.4 is 4.90 Å². The SMILES string of the molecule is Cc1cccc(C)c1N1CC(c2nc3ccccc3n2Cc2c(Cl)cccc2Cl)CC1=O. The van der Waals surface area contributed by atoms with Crippen LogP contribution in [-0.2, 0) is 11.3 Å². The third-order valence-electron chi connectivity index (χ3n) is 6.26. The van der Waals surface area contributed by atoms with Crippen molar-refractivity contribution < 1.29 is 4.79 Å². The fourth-order valence-electron chi connectivity index (χ4n) is 4.74. The van der Waals surface area contributed by atoms with E-state index in [0.29, 0.717) is 29.6 Å². The van der Waals surface area contributed by atoms with E-state index in [4.69, 9.17) is 28.2 Å². The third kappa shape index (κ3) is 3.58. The van der Waals surface area contributed by atoms with Crippen molar-refractivity contribution in [2.75, 3.05) is 11.4 Å². The van der Waals surface area contributed by atoms with Crippen molar-refractivity contribution in [3.8, 4) is 0 Å². The van der Waals surface area contributed by atoms with Crippen LogP contribution >= 0.6 is 23.2 Å². The lowest BCUT2D eigenvalue weighted by Crippen LogP contribution is -2.26. The number of fused-ring (bicyclic) bond motifs is 1. The minimum atomic E-state index is -0.0184. The highest BCUT2D eigenvalue weighted by atomic mass is 35.5. The lowest BCUT2D eigenvalue weighted by Gasteiger charge is -2.22. The Morgan fingerprint density at radius 3 is 2.31 bits per heavy atom.